The molecule has 2 bridgehead atoms. The average Bonchev–Trinajstić information content (AvgIpc) is 2.94. The van der Waals surface area contributed by atoms with Crippen molar-refractivity contribution in [2.45, 2.75) is 38.5 Å². The number of carbonyl (C=O) groups excluding carboxylic acids is 1. The third kappa shape index (κ3) is 1.91. The Labute approximate surface area is 122 Å². The molecule has 0 saturated heterocycles. The molecule has 0 atom stereocenters. The lowest BCUT2D eigenvalue weighted by atomic mass is 10.00. The van der Waals surface area contributed by atoms with Gasteiger partial charge in [-0.1, -0.05) is 27.7 Å². The van der Waals surface area contributed by atoms with Crippen molar-refractivity contribution >= 4 is 27.3 Å². The van der Waals surface area contributed by atoms with Crippen LogP contribution in [0.1, 0.15) is 49.5 Å². The molecule has 0 fully saturated rings. The van der Waals surface area contributed by atoms with Crippen molar-refractivity contribution in [1.29, 1.82) is 0 Å². The van der Waals surface area contributed by atoms with E-state index in [0.29, 0.717) is 5.56 Å². The van der Waals surface area contributed by atoms with E-state index in [1.165, 1.54) is 0 Å². The molecule has 114 valence electrons. The zero-order valence-corrected chi connectivity index (χ0v) is 13.0. The first kappa shape index (κ1) is 14.2. The number of hydrogen-bond donors (Lipinski definition) is 0. The van der Waals surface area contributed by atoms with Crippen LogP contribution >= 0.6 is 0 Å². The molecule has 1 aliphatic rings. The zero-order valence-electron chi connectivity index (χ0n) is 12.2. The number of fused-ring (bicyclic) bond motifs is 1. The van der Waals surface area contributed by atoms with Crippen molar-refractivity contribution in [2.75, 3.05) is 6.61 Å². The number of hydrogen-bond acceptors (Lipinski definition) is 6. The van der Waals surface area contributed by atoms with E-state index in [-0.39, 0.29) is 45.8 Å². The average molecular weight is 312 g/mol. The maximum Gasteiger partial charge on any atom is 0.346 e. The van der Waals surface area contributed by atoms with E-state index < -0.39 is 16.1 Å². The summed E-state index contributed by atoms with van der Waals surface area (Å²) in [7, 11) is -3.89. The number of carbonyl (C=O) groups is 1. The molecule has 0 aromatic carbocycles. The van der Waals surface area contributed by atoms with Crippen LogP contribution in [0.3, 0.4) is 0 Å². The Morgan fingerprint density at radius 1 is 1.19 bits per heavy atom. The Morgan fingerprint density at radius 3 is 2.43 bits per heavy atom. The SMILES string of the molecule is CC(C)COC(=O)c1c2c3oc1c(C(C)C)c3S(=O)(=O)O2. The van der Waals surface area contributed by atoms with Crippen LogP contribution in [-0.4, -0.2) is 21.0 Å². The summed E-state index contributed by atoms with van der Waals surface area (Å²) in [5, 5.41) is 0. The fourth-order valence-corrected chi connectivity index (χ4v) is 3.90. The van der Waals surface area contributed by atoms with Crippen LogP contribution in [0.15, 0.2) is 9.31 Å². The molecule has 0 radical (unpaired) electrons. The van der Waals surface area contributed by atoms with Gasteiger partial charge in [-0.15, -0.1) is 0 Å². The highest BCUT2D eigenvalue weighted by atomic mass is 32.2. The Kier molecular flexibility index (Phi) is 2.95. The lowest BCUT2D eigenvalue weighted by Gasteiger charge is -2.07. The lowest BCUT2D eigenvalue weighted by Crippen LogP contribution is -2.11. The van der Waals surface area contributed by atoms with Gasteiger partial charge in [-0.25, -0.2) is 4.79 Å². The van der Waals surface area contributed by atoms with Crippen LogP contribution in [0, 0.1) is 5.92 Å². The monoisotopic (exact) mass is 312 g/mol. The minimum Gasteiger partial charge on any atom is -0.462 e. The highest BCUT2D eigenvalue weighted by molar-refractivity contribution is 7.87. The predicted octanol–water partition coefficient (Wildman–Crippen LogP) is 2.89. The summed E-state index contributed by atoms with van der Waals surface area (Å²) < 4.78 is 39.7. The van der Waals surface area contributed by atoms with Gasteiger partial charge >= 0.3 is 16.1 Å². The molecule has 7 heteroatoms. The molecule has 2 aromatic rings. The number of esters is 1. The summed E-state index contributed by atoms with van der Waals surface area (Å²) in [6.45, 7) is 7.75. The van der Waals surface area contributed by atoms with Gasteiger partial charge in [0, 0.05) is 5.56 Å². The number of furan rings is 2. The Balaban J connectivity index is 2.13. The van der Waals surface area contributed by atoms with Crippen LogP contribution in [0.25, 0.3) is 11.2 Å². The highest BCUT2D eigenvalue weighted by Crippen LogP contribution is 2.52. The molecule has 3 rings (SSSR count). The van der Waals surface area contributed by atoms with Crippen LogP contribution in [0.4, 0.5) is 0 Å². The maximum atomic E-state index is 12.2. The van der Waals surface area contributed by atoms with Crippen molar-refractivity contribution in [2.24, 2.45) is 5.92 Å². The molecule has 21 heavy (non-hydrogen) atoms. The van der Waals surface area contributed by atoms with E-state index in [2.05, 4.69) is 0 Å². The molecular formula is C14H16O6S. The first-order valence-electron chi connectivity index (χ1n) is 6.77. The van der Waals surface area contributed by atoms with E-state index in [4.69, 9.17) is 13.3 Å². The largest absolute Gasteiger partial charge is 0.462 e. The van der Waals surface area contributed by atoms with Crippen molar-refractivity contribution in [1.82, 2.24) is 0 Å². The fourth-order valence-electron chi connectivity index (χ4n) is 2.48. The van der Waals surface area contributed by atoms with Gasteiger partial charge in [-0.2, -0.15) is 8.42 Å². The van der Waals surface area contributed by atoms with E-state index in [1.54, 1.807) is 0 Å². The molecule has 6 nitrogen and oxygen atoms in total. The van der Waals surface area contributed by atoms with Crippen molar-refractivity contribution in [3.63, 3.8) is 0 Å². The van der Waals surface area contributed by atoms with Crippen LogP contribution < -0.4 is 4.18 Å². The zero-order chi connectivity index (χ0) is 15.5. The topological polar surface area (TPSA) is 82.8 Å². The molecule has 0 spiro atoms. The third-order valence-corrected chi connectivity index (χ3v) is 4.62. The Morgan fingerprint density at radius 2 is 1.86 bits per heavy atom. The summed E-state index contributed by atoms with van der Waals surface area (Å²) in [6, 6.07) is 0. The summed E-state index contributed by atoms with van der Waals surface area (Å²) in [6.07, 6.45) is 0. The van der Waals surface area contributed by atoms with E-state index >= 15 is 0 Å². The molecule has 1 aliphatic heterocycles. The molecule has 0 N–H and O–H groups in total. The van der Waals surface area contributed by atoms with Crippen LogP contribution in [-0.2, 0) is 14.9 Å². The van der Waals surface area contributed by atoms with E-state index in [0.717, 1.165) is 0 Å². The molecule has 2 aromatic heterocycles. The molecule has 3 heterocycles. The Bertz CT molecular complexity index is 812. The second kappa shape index (κ2) is 4.37. The number of ether oxygens (including phenoxy) is 1. The number of benzene rings is 1. The minimum absolute atomic E-state index is 0.0295. The van der Waals surface area contributed by atoms with Crippen molar-refractivity contribution in [3.8, 4) is 5.75 Å². The number of rotatable bonds is 4. The van der Waals surface area contributed by atoms with Gasteiger partial charge in [0.1, 0.15) is 0 Å². The minimum atomic E-state index is -3.89. The highest BCUT2D eigenvalue weighted by Gasteiger charge is 2.46. The summed E-state index contributed by atoms with van der Waals surface area (Å²) in [5.74, 6) is -0.574. The summed E-state index contributed by atoms with van der Waals surface area (Å²) >= 11 is 0. The molecular weight excluding hydrogens is 296 g/mol. The second-order valence-corrected chi connectivity index (χ2v) is 7.37. The summed E-state index contributed by atoms with van der Waals surface area (Å²) in [4.78, 5) is 12.3. The van der Waals surface area contributed by atoms with Gasteiger partial charge in [-0.05, 0) is 11.8 Å². The third-order valence-electron chi connectivity index (χ3n) is 3.33. The first-order chi connectivity index (χ1) is 9.74. The van der Waals surface area contributed by atoms with Gasteiger partial charge in [-0.3, -0.25) is 0 Å². The summed E-state index contributed by atoms with van der Waals surface area (Å²) in [5.41, 5.74) is 0.965. The van der Waals surface area contributed by atoms with E-state index in [1.807, 2.05) is 27.7 Å². The second-order valence-electron chi connectivity index (χ2n) is 5.89. The molecule has 0 amide bonds. The van der Waals surface area contributed by atoms with Crippen molar-refractivity contribution < 1.29 is 26.5 Å². The Hall–Kier alpha value is -1.76. The van der Waals surface area contributed by atoms with Gasteiger partial charge in [0.05, 0.1) is 6.61 Å². The maximum absolute atomic E-state index is 12.2. The molecule has 0 aliphatic carbocycles. The normalized spacial score (nSPS) is 16.1. The predicted molar refractivity (Wildman–Crippen MR) is 74.4 cm³/mol. The van der Waals surface area contributed by atoms with E-state index in [9.17, 15) is 13.2 Å². The lowest BCUT2D eigenvalue weighted by molar-refractivity contribution is 0.0459. The van der Waals surface area contributed by atoms with Gasteiger partial charge in [0.15, 0.2) is 21.6 Å². The van der Waals surface area contributed by atoms with Gasteiger partial charge in [0.25, 0.3) is 0 Å². The van der Waals surface area contributed by atoms with Crippen molar-refractivity contribution in [3.05, 3.63) is 11.1 Å². The smallest absolute Gasteiger partial charge is 0.346 e. The van der Waals surface area contributed by atoms with Gasteiger partial charge in [0.2, 0.25) is 5.75 Å². The van der Waals surface area contributed by atoms with Crippen LogP contribution in [0.5, 0.6) is 5.75 Å². The standard InChI is InChI=1S/C14H16O6S/c1-6(2)5-18-14(15)9-10-8(7(3)4)13-12(19-10)11(9)20-21(13,16)17/h6-7H,5H2,1-4H3. The molecule has 0 saturated carbocycles. The van der Waals surface area contributed by atoms with Gasteiger partial charge < -0.3 is 13.3 Å². The first-order valence-corrected chi connectivity index (χ1v) is 8.18. The van der Waals surface area contributed by atoms with Crippen LogP contribution in [0.2, 0.25) is 0 Å². The molecule has 0 unspecified atom stereocenters. The fraction of sp³-hybridized carbons (Fsp3) is 0.500. The quantitative estimate of drug-likeness (QED) is 0.637.